The molecule has 5 nitrogen and oxygen atoms in total. The third-order valence-electron chi connectivity index (χ3n) is 1.55. The van der Waals surface area contributed by atoms with Crippen LogP contribution < -0.4 is 4.72 Å². The zero-order valence-electron chi connectivity index (χ0n) is 9.35. The molecule has 86 valence electrons. The van der Waals surface area contributed by atoms with Crippen LogP contribution in [0.25, 0.3) is 0 Å². The van der Waals surface area contributed by atoms with Gasteiger partial charge in [0.15, 0.2) is 5.03 Å². The maximum atomic E-state index is 11.8. The molecule has 16 heavy (non-hydrogen) atoms. The van der Waals surface area contributed by atoms with Gasteiger partial charge in [-0.25, -0.2) is 18.1 Å². The highest BCUT2D eigenvalue weighted by Gasteiger charge is 2.23. The van der Waals surface area contributed by atoms with E-state index >= 15 is 0 Å². The van der Waals surface area contributed by atoms with Gasteiger partial charge < -0.3 is 0 Å². The van der Waals surface area contributed by atoms with E-state index < -0.39 is 15.6 Å². The van der Waals surface area contributed by atoms with Gasteiger partial charge in [0, 0.05) is 5.54 Å². The van der Waals surface area contributed by atoms with Crippen LogP contribution in [-0.2, 0) is 10.0 Å². The molecule has 1 aromatic heterocycles. The number of pyridine rings is 1. The Morgan fingerprint density at radius 2 is 2.00 bits per heavy atom. The second kappa shape index (κ2) is 4.20. The molecular formula is C10H13N3O2S. The number of nitrogens with one attached hydrogen (secondary N) is 1. The highest BCUT2D eigenvalue weighted by Crippen LogP contribution is 2.10. The first-order valence-electron chi connectivity index (χ1n) is 4.66. The van der Waals surface area contributed by atoms with Crippen LogP contribution in [0.1, 0.15) is 26.5 Å². The van der Waals surface area contributed by atoms with Crippen molar-refractivity contribution in [1.29, 1.82) is 5.26 Å². The Hall–Kier alpha value is -1.45. The standard InChI is InChI=1S/C10H13N3O2S/c1-10(2,3)13-16(14,15)9-6-4-5-8(7-11)12-9/h4-6,13H,1-3H3. The molecule has 0 saturated carbocycles. The van der Waals surface area contributed by atoms with E-state index in [1.165, 1.54) is 18.2 Å². The predicted octanol–water partition coefficient (Wildman–Crippen LogP) is 1.03. The molecule has 0 aliphatic carbocycles. The van der Waals surface area contributed by atoms with Crippen molar-refractivity contribution in [1.82, 2.24) is 9.71 Å². The van der Waals surface area contributed by atoms with Crippen molar-refractivity contribution in [3.63, 3.8) is 0 Å². The summed E-state index contributed by atoms with van der Waals surface area (Å²) in [6.07, 6.45) is 0. The second-order valence-electron chi connectivity index (χ2n) is 4.33. The Bertz CT molecular complexity index is 524. The summed E-state index contributed by atoms with van der Waals surface area (Å²) < 4.78 is 26.1. The Morgan fingerprint density at radius 1 is 1.38 bits per heavy atom. The van der Waals surface area contributed by atoms with Gasteiger partial charge in [-0.2, -0.15) is 5.26 Å². The quantitative estimate of drug-likeness (QED) is 0.835. The maximum Gasteiger partial charge on any atom is 0.258 e. The van der Waals surface area contributed by atoms with Gasteiger partial charge in [0.1, 0.15) is 11.8 Å². The fourth-order valence-electron chi connectivity index (χ4n) is 1.08. The van der Waals surface area contributed by atoms with Crippen molar-refractivity contribution < 1.29 is 8.42 Å². The van der Waals surface area contributed by atoms with E-state index in [9.17, 15) is 8.42 Å². The lowest BCUT2D eigenvalue weighted by Crippen LogP contribution is -2.40. The van der Waals surface area contributed by atoms with Gasteiger partial charge in [0.25, 0.3) is 10.0 Å². The Morgan fingerprint density at radius 3 is 2.50 bits per heavy atom. The minimum absolute atomic E-state index is 0.0804. The number of aromatic nitrogens is 1. The molecule has 0 fully saturated rings. The van der Waals surface area contributed by atoms with Crippen LogP contribution in [0.5, 0.6) is 0 Å². The van der Waals surface area contributed by atoms with E-state index in [4.69, 9.17) is 5.26 Å². The summed E-state index contributed by atoms with van der Waals surface area (Å²) in [6.45, 7) is 5.20. The molecule has 1 heterocycles. The van der Waals surface area contributed by atoms with Crippen LogP contribution in [0.15, 0.2) is 23.2 Å². The lowest BCUT2D eigenvalue weighted by Gasteiger charge is -2.19. The lowest BCUT2D eigenvalue weighted by atomic mass is 10.1. The van der Waals surface area contributed by atoms with Gasteiger partial charge in [-0.05, 0) is 32.9 Å². The number of nitrogens with zero attached hydrogens (tertiary/aromatic N) is 2. The molecule has 1 N–H and O–H groups in total. The zero-order valence-corrected chi connectivity index (χ0v) is 10.2. The Balaban J connectivity index is 3.14. The molecule has 0 atom stereocenters. The molecule has 0 radical (unpaired) electrons. The zero-order chi connectivity index (χ0) is 12.4. The van der Waals surface area contributed by atoms with Crippen LogP contribution in [0, 0.1) is 11.3 Å². The predicted molar refractivity (Wildman–Crippen MR) is 59.0 cm³/mol. The van der Waals surface area contributed by atoms with Gasteiger partial charge >= 0.3 is 0 Å². The number of hydrogen-bond donors (Lipinski definition) is 1. The van der Waals surface area contributed by atoms with Crippen LogP contribution in [0.3, 0.4) is 0 Å². The summed E-state index contributed by atoms with van der Waals surface area (Å²) in [4.78, 5) is 3.74. The van der Waals surface area contributed by atoms with Gasteiger partial charge in [0.2, 0.25) is 0 Å². The second-order valence-corrected chi connectivity index (χ2v) is 5.96. The normalized spacial score (nSPS) is 12.1. The molecule has 1 rings (SSSR count). The summed E-state index contributed by atoms with van der Waals surface area (Å²) in [5.74, 6) is 0. The van der Waals surface area contributed by atoms with Crippen molar-refractivity contribution in [2.45, 2.75) is 31.3 Å². The van der Waals surface area contributed by atoms with E-state index in [0.29, 0.717) is 0 Å². The first-order chi connectivity index (χ1) is 7.24. The average Bonchev–Trinajstić information content (AvgIpc) is 2.14. The molecule has 1 aromatic rings. The van der Waals surface area contributed by atoms with Crippen LogP contribution >= 0.6 is 0 Å². The summed E-state index contributed by atoms with van der Waals surface area (Å²) in [5.41, 5.74) is -0.500. The Kier molecular flexibility index (Phi) is 3.31. The van der Waals surface area contributed by atoms with Crippen molar-refractivity contribution in [3.05, 3.63) is 23.9 Å². The number of hydrogen-bond acceptors (Lipinski definition) is 4. The monoisotopic (exact) mass is 239 g/mol. The molecule has 0 bridgehead atoms. The third-order valence-corrected chi connectivity index (χ3v) is 3.21. The Labute approximate surface area is 95.2 Å². The fraction of sp³-hybridized carbons (Fsp3) is 0.400. The van der Waals surface area contributed by atoms with Gasteiger partial charge in [0.05, 0.1) is 0 Å². The SMILES string of the molecule is CC(C)(C)NS(=O)(=O)c1cccc(C#N)n1. The topological polar surface area (TPSA) is 82.9 Å². The summed E-state index contributed by atoms with van der Waals surface area (Å²) in [6, 6.07) is 6.10. The number of sulfonamides is 1. The summed E-state index contributed by atoms with van der Waals surface area (Å²) in [7, 11) is -3.66. The van der Waals surface area contributed by atoms with Crippen LogP contribution in [0.4, 0.5) is 0 Å². The van der Waals surface area contributed by atoms with E-state index in [1.807, 2.05) is 0 Å². The largest absolute Gasteiger partial charge is 0.258 e. The van der Waals surface area contributed by atoms with Crippen molar-refractivity contribution in [3.8, 4) is 6.07 Å². The highest BCUT2D eigenvalue weighted by molar-refractivity contribution is 7.89. The first kappa shape index (κ1) is 12.6. The van der Waals surface area contributed by atoms with Crippen molar-refractivity contribution in [2.24, 2.45) is 0 Å². The van der Waals surface area contributed by atoms with Crippen LogP contribution in [0.2, 0.25) is 0 Å². The molecule has 0 spiro atoms. The molecule has 6 heteroatoms. The molecule has 0 aromatic carbocycles. The lowest BCUT2D eigenvalue weighted by molar-refractivity contribution is 0.489. The van der Waals surface area contributed by atoms with Crippen molar-refractivity contribution in [2.75, 3.05) is 0 Å². The smallest absolute Gasteiger partial charge is 0.224 e. The third kappa shape index (κ3) is 3.29. The van der Waals surface area contributed by atoms with E-state index in [1.54, 1.807) is 26.8 Å². The molecule has 0 aliphatic rings. The van der Waals surface area contributed by atoms with Gasteiger partial charge in [-0.3, -0.25) is 0 Å². The molecule has 0 saturated heterocycles. The molecule has 0 unspecified atom stereocenters. The van der Waals surface area contributed by atoms with Gasteiger partial charge in [-0.1, -0.05) is 6.07 Å². The molecular weight excluding hydrogens is 226 g/mol. The fourth-order valence-corrected chi connectivity index (χ4v) is 2.47. The van der Waals surface area contributed by atoms with E-state index in [0.717, 1.165) is 0 Å². The minimum Gasteiger partial charge on any atom is -0.224 e. The number of nitriles is 1. The number of rotatable bonds is 2. The first-order valence-corrected chi connectivity index (χ1v) is 6.14. The summed E-state index contributed by atoms with van der Waals surface area (Å²) >= 11 is 0. The highest BCUT2D eigenvalue weighted by atomic mass is 32.2. The van der Waals surface area contributed by atoms with Crippen molar-refractivity contribution >= 4 is 10.0 Å². The van der Waals surface area contributed by atoms with Gasteiger partial charge in [-0.15, -0.1) is 0 Å². The maximum absolute atomic E-state index is 11.8. The minimum atomic E-state index is -3.66. The molecule has 0 aliphatic heterocycles. The molecule has 0 amide bonds. The average molecular weight is 239 g/mol. The summed E-state index contributed by atoms with van der Waals surface area (Å²) in [5, 5.41) is 8.50. The van der Waals surface area contributed by atoms with E-state index in [2.05, 4.69) is 9.71 Å². The van der Waals surface area contributed by atoms with Crippen LogP contribution in [-0.4, -0.2) is 18.9 Å². The van der Waals surface area contributed by atoms with E-state index in [-0.39, 0.29) is 10.7 Å².